The predicted molar refractivity (Wildman–Crippen MR) is 92.6 cm³/mol. The second kappa shape index (κ2) is 11.6. The van der Waals surface area contributed by atoms with Gasteiger partial charge in [-0.2, -0.15) is 0 Å². The first-order valence-corrected chi connectivity index (χ1v) is 10.9. The summed E-state index contributed by atoms with van der Waals surface area (Å²) in [5, 5.41) is 0. The minimum absolute atomic E-state index is 0.0995. The minimum Gasteiger partial charge on any atom is -0.374 e. The van der Waals surface area contributed by atoms with E-state index in [1.807, 2.05) is 13.8 Å². The SMILES string of the molecule is CCCCC(C)(CCCC)O[Si](CCC)(OCC)OCC. The summed E-state index contributed by atoms with van der Waals surface area (Å²) in [4.78, 5) is 0. The highest BCUT2D eigenvalue weighted by Gasteiger charge is 2.45. The van der Waals surface area contributed by atoms with Crippen LogP contribution in [0.25, 0.3) is 0 Å². The maximum atomic E-state index is 6.65. The molecule has 0 bridgehead atoms. The highest BCUT2D eigenvalue weighted by atomic mass is 28.4. The Labute approximate surface area is 134 Å². The maximum absolute atomic E-state index is 6.65. The number of rotatable bonds is 14. The quantitative estimate of drug-likeness (QED) is 0.392. The predicted octanol–water partition coefficient (Wildman–Crippen LogP) is 5.56. The molecule has 0 aromatic carbocycles. The molecule has 3 nitrogen and oxygen atoms in total. The molecule has 0 aliphatic rings. The lowest BCUT2D eigenvalue weighted by atomic mass is 9.93. The lowest BCUT2D eigenvalue weighted by Crippen LogP contribution is -2.52. The van der Waals surface area contributed by atoms with E-state index in [1.165, 1.54) is 25.7 Å². The Morgan fingerprint density at radius 1 is 0.762 bits per heavy atom. The Morgan fingerprint density at radius 3 is 1.57 bits per heavy atom. The highest BCUT2D eigenvalue weighted by Crippen LogP contribution is 2.32. The largest absolute Gasteiger partial charge is 0.501 e. The number of hydrogen-bond acceptors (Lipinski definition) is 3. The molecule has 21 heavy (non-hydrogen) atoms. The van der Waals surface area contributed by atoms with Crippen LogP contribution in [0.2, 0.25) is 6.04 Å². The van der Waals surface area contributed by atoms with Gasteiger partial charge in [0.1, 0.15) is 0 Å². The Balaban J connectivity index is 5.04. The summed E-state index contributed by atoms with van der Waals surface area (Å²) in [6.45, 7) is 14.3. The minimum atomic E-state index is -2.53. The Morgan fingerprint density at radius 2 is 1.24 bits per heavy atom. The molecule has 0 heterocycles. The van der Waals surface area contributed by atoms with Crippen LogP contribution in [0.5, 0.6) is 0 Å². The van der Waals surface area contributed by atoms with Gasteiger partial charge in [0, 0.05) is 19.3 Å². The van der Waals surface area contributed by atoms with Crippen molar-refractivity contribution >= 4 is 8.80 Å². The first kappa shape index (κ1) is 21.1. The average Bonchev–Trinajstić information content (AvgIpc) is 2.44. The summed E-state index contributed by atoms with van der Waals surface area (Å²) in [6.07, 6.45) is 8.06. The monoisotopic (exact) mass is 318 g/mol. The first-order valence-electron chi connectivity index (χ1n) is 8.99. The van der Waals surface area contributed by atoms with Gasteiger partial charge in [-0.25, -0.2) is 0 Å². The van der Waals surface area contributed by atoms with Crippen LogP contribution in [-0.4, -0.2) is 27.6 Å². The van der Waals surface area contributed by atoms with E-state index in [2.05, 4.69) is 27.7 Å². The fraction of sp³-hybridized carbons (Fsp3) is 1.00. The summed E-state index contributed by atoms with van der Waals surface area (Å²) >= 11 is 0. The number of unbranched alkanes of at least 4 members (excludes halogenated alkanes) is 2. The third-order valence-electron chi connectivity index (χ3n) is 3.80. The third-order valence-corrected chi connectivity index (χ3v) is 7.18. The average molecular weight is 319 g/mol. The molecule has 0 radical (unpaired) electrons. The van der Waals surface area contributed by atoms with Crippen molar-refractivity contribution in [2.24, 2.45) is 0 Å². The molecule has 0 spiro atoms. The Bertz CT molecular complexity index is 221. The highest BCUT2D eigenvalue weighted by molar-refractivity contribution is 6.60. The zero-order valence-corrected chi connectivity index (χ0v) is 16.3. The van der Waals surface area contributed by atoms with E-state index in [9.17, 15) is 0 Å². The van der Waals surface area contributed by atoms with Crippen molar-refractivity contribution < 1.29 is 13.3 Å². The van der Waals surface area contributed by atoms with Crippen LogP contribution in [0.3, 0.4) is 0 Å². The van der Waals surface area contributed by atoms with Crippen molar-refractivity contribution in [1.82, 2.24) is 0 Å². The normalized spacial score (nSPS) is 12.9. The summed E-state index contributed by atoms with van der Waals surface area (Å²) < 4.78 is 18.8. The molecule has 0 saturated carbocycles. The smallest absolute Gasteiger partial charge is 0.374 e. The van der Waals surface area contributed by atoms with Gasteiger partial charge in [-0.15, -0.1) is 0 Å². The van der Waals surface area contributed by atoms with Crippen LogP contribution in [0.15, 0.2) is 0 Å². The first-order chi connectivity index (χ1) is 10.0. The molecule has 0 rings (SSSR count). The summed E-state index contributed by atoms with van der Waals surface area (Å²) in [5.41, 5.74) is -0.0995. The molecule has 0 amide bonds. The zero-order chi connectivity index (χ0) is 16.2. The molecular weight excluding hydrogens is 280 g/mol. The van der Waals surface area contributed by atoms with Gasteiger partial charge in [0.15, 0.2) is 0 Å². The topological polar surface area (TPSA) is 27.7 Å². The van der Waals surface area contributed by atoms with E-state index in [4.69, 9.17) is 13.3 Å². The summed E-state index contributed by atoms with van der Waals surface area (Å²) in [5.74, 6) is 0. The fourth-order valence-corrected chi connectivity index (χ4v) is 5.78. The lowest BCUT2D eigenvalue weighted by molar-refractivity contribution is -0.0314. The Kier molecular flexibility index (Phi) is 11.7. The van der Waals surface area contributed by atoms with Crippen molar-refractivity contribution in [2.75, 3.05) is 13.2 Å². The molecule has 0 unspecified atom stereocenters. The molecule has 0 aliphatic heterocycles. The standard InChI is InChI=1S/C17H38O3Si/c1-7-12-14-17(6,15-13-8-2)20-21(16-9-3,18-10-4)19-11-5/h7-16H2,1-6H3. The van der Waals surface area contributed by atoms with Crippen molar-refractivity contribution in [1.29, 1.82) is 0 Å². The van der Waals surface area contributed by atoms with E-state index in [0.29, 0.717) is 13.2 Å². The van der Waals surface area contributed by atoms with Crippen LogP contribution in [0, 0.1) is 0 Å². The molecule has 4 heteroatoms. The molecule has 128 valence electrons. The summed E-state index contributed by atoms with van der Waals surface area (Å²) in [7, 11) is -2.53. The van der Waals surface area contributed by atoms with Gasteiger partial charge in [0.2, 0.25) is 0 Å². The Hall–Kier alpha value is 0.0969. The van der Waals surface area contributed by atoms with Gasteiger partial charge in [-0.1, -0.05) is 52.9 Å². The second-order valence-corrected chi connectivity index (χ2v) is 8.71. The van der Waals surface area contributed by atoms with Crippen LogP contribution >= 0.6 is 0 Å². The molecular formula is C17H38O3Si. The van der Waals surface area contributed by atoms with E-state index < -0.39 is 8.80 Å². The van der Waals surface area contributed by atoms with Crippen LogP contribution in [0.1, 0.15) is 86.5 Å². The second-order valence-electron chi connectivity index (χ2n) is 6.06. The van der Waals surface area contributed by atoms with Gasteiger partial charge in [0.05, 0.1) is 5.60 Å². The fourth-order valence-electron chi connectivity index (χ4n) is 2.75. The van der Waals surface area contributed by atoms with E-state index in [1.54, 1.807) is 0 Å². The van der Waals surface area contributed by atoms with Gasteiger partial charge < -0.3 is 13.3 Å². The van der Waals surface area contributed by atoms with Crippen molar-refractivity contribution in [2.45, 2.75) is 98.1 Å². The van der Waals surface area contributed by atoms with Crippen LogP contribution < -0.4 is 0 Å². The maximum Gasteiger partial charge on any atom is 0.501 e. The third kappa shape index (κ3) is 8.34. The van der Waals surface area contributed by atoms with Gasteiger partial charge in [0.25, 0.3) is 0 Å². The van der Waals surface area contributed by atoms with E-state index in [-0.39, 0.29) is 5.60 Å². The molecule has 0 aliphatic carbocycles. The van der Waals surface area contributed by atoms with Crippen molar-refractivity contribution in [3.8, 4) is 0 Å². The zero-order valence-electron chi connectivity index (χ0n) is 15.3. The van der Waals surface area contributed by atoms with Gasteiger partial charge in [-0.05, 0) is 33.6 Å². The molecule has 0 N–H and O–H groups in total. The van der Waals surface area contributed by atoms with Crippen LogP contribution in [-0.2, 0) is 13.3 Å². The van der Waals surface area contributed by atoms with Gasteiger partial charge >= 0.3 is 8.80 Å². The lowest BCUT2D eigenvalue weighted by Gasteiger charge is -2.39. The number of hydrogen-bond donors (Lipinski definition) is 0. The van der Waals surface area contributed by atoms with E-state index >= 15 is 0 Å². The molecule has 0 atom stereocenters. The molecule has 0 fully saturated rings. The van der Waals surface area contributed by atoms with E-state index in [0.717, 1.165) is 25.3 Å². The summed E-state index contributed by atoms with van der Waals surface area (Å²) in [6, 6.07) is 0.919. The van der Waals surface area contributed by atoms with Crippen LogP contribution in [0.4, 0.5) is 0 Å². The van der Waals surface area contributed by atoms with Crippen molar-refractivity contribution in [3.63, 3.8) is 0 Å². The molecule has 0 saturated heterocycles. The molecule has 0 aromatic heterocycles. The van der Waals surface area contributed by atoms with Gasteiger partial charge in [-0.3, -0.25) is 0 Å². The van der Waals surface area contributed by atoms with Crippen molar-refractivity contribution in [3.05, 3.63) is 0 Å². The molecule has 0 aromatic rings.